The summed E-state index contributed by atoms with van der Waals surface area (Å²) in [6.45, 7) is 13.8. The molecular formula is C52H52Cl4N2O4. The molecule has 0 radical (unpaired) electrons. The van der Waals surface area contributed by atoms with Gasteiger partial charge < -0.3 is 24.0 Å². The number of cyclic esters (lactones) is 1. The van der Waals surface area contributed by atoms with Crippen LogP contribution in [0, 0.1) is 11.8 Å². The maximum atomic E-state index is 14.4. The molecule has 10 heteroatoms. The molecular weight excluding hydrogens is 858 g/mol. The fraction of sp³-hybridized carbons (Fsp3) is 0.327. The van der Waals surface area contributed by atoms with Crippen molar-refractivity contribution in [2.75, 3.05) is 49.2 Å². The monoisotopic (exact) mass is 908 g/mol. The smallest absolute Gasteiger partial charge is 0.341 e. The molecule has 0 amide bonds. The third kappa shape index (κ3) is 9.36. The number of nitrogens with zero attached hydrogens (tertiary/aromatic N) is 2. The van der Waals surface area contributed by atoms with Gasteiger partial charge in [-0.1, -0.05) is 123 Å². The summed E-state index contributed by atoms with van der Waals surface area (Å²) >= 11 is 27.7. The van der Waals surface area contributed by atoms with E-state index in [1.807, 2.05) is 60.7 Å². The Morgan fingerprint density at radius 1 is 0.565 bits per heavy atom. The van der Waals surface area contributed by atoms with E-state index >= 15 is 0 Å². The summed E-state index contributed by atoms with van der Waals surface area (Å²) in [6.07, 6.45) is 8.62. The maximum absolute atomic E-state index is 14.4. The lowest BCUT2D eigenvalue weighted by molar-refractivity contribution is 0.0300. The molecule has 2 saturated heterocycles. The summed E-state index contributed by atoms with van der Waals surface area (Å²) < 4.78 is 18.9. The van der Waals surface area contributed by atoms with Crippen molar-refractivity contribution in [3.05, 3.63) is 163 Å². The molecule has 5 aromatic rings. The highest BCUT2D eigenvalue weighted by molar-refractivity contribution is 6.53. The van der Waals surface area contributed by atoms with Crippen LogP contribution in [-0.2, 0) is 10.3 Å². The van der Waals surface area contributed by atoms with E-state index < -0.39 is 11.6 Å². The van der Waals surface area contributed by atoms with Crippen LogP contribution in [0.3, 0.4) is 0 Å². The van der Waals surface area contributed by atoms with Crippen molar-refractivity contribution in [1.29, 1.82) is 0 Å². The van der Waals surface area contributed by atoms with Gasteiger partial charge in [0.15, 0.2) is 5.60 Å². The molecule has 0 atom stereocenters. The van der Waals surface area contributed by atoms with Crippen LogP contribution in [-0.4, -0.2) is 45.4 Å². The Morgan fingerprint density at radius 3 is 1.29 bits per heavy atom. The van der Waals surface area contributed by atoms with E-state index in [9.17, 15) is 4.79 Å². The van der Waals surface area contributed by atoms with Crippen LogP contribution in [0.2, 0.25) is 20.1 Å². The number of hydrogen-bond acceptors (Lipinski definition) is 6. The molecule has 0 aliphatic carbocycles. The van der Waals surface area contributed by atoms with E-state index in [0.717, 1.165) is 82.5 Å². The van der Waals surface area contributed by atoms with Gasteiger partial charge in [-0.3, -0.25) is 0 Å². The van der Waals surface area contributed by atoms with E-state index in [1.54, 1.807) is 0 Å². The van der Waals surface area contributed by atoms with Gasteiger partial charge in [0.05, 0.1) is 38.9 Å². The first-order valence-corrected chi connectivity index (χ1v) is 23.1. The molecule has 0 N–H and O–H groups in total. The summed E-state index contributed by atoms with van der Waals surface area (Å²) in [4.78, 5) is 19.2. The number of hydrogen-bond donors (Lipinski definition) is 0. The fourth-order valence-electron chi connectivity index (χ4n) is 8.43. The molecule has 0 aromatic heterocycles. The minimum Gasteiger partial charge on any atom is -0.493 e. The summed E-state index contributed by atoms with van der Waals surface area (Å²) in [6, 6.07) is 33.1. The Hall–Kier alpha value is -4.59. The molecule has 3 aliphatic heterocycles. The SMILES string of the molecule is CC(C)COc1ccc(/C(=C\C2(/C=C(\c3ccc(OCC(C)C)cc3)c3ccc(N4CCCC4)cc3)OC(=O)c3c(Cl)c(Cl)c(Cl)c(Cl)c32)c2ccc(N3CCCC3)cc2)cc1. The lowest BCUT2D eigenvalue weighted by Gasteiger charge is -2.28. The highest BCUT2D eigenvalue weighted by Crippen LogP contribution is 2.54. The lowest BCUT2D eigenvalue weighted by Crippen LogP contribution is -2.23. The average Bonchev–Trinajstić information content (AvgIpc) is 4.08. The molecule has 6 nitrogen and oxygen atoms in total. The van der Waals surface area contributed by atoms with Crippen molar-refractivity contribution < 1.29 is 19.0 Å². The van der Waals surface area contributed by atoms with Gasteiger partial charge in [-0.05, 0) is 132 Å². The summed E-state index contributed by atoms with van der Waals surface area (Å²) in [5.41, 5.74) is 6.23. The third-order valence-electron chi connectivity index (χ3n) is 11.6. The number of rotatable bonds is 14. The second-order valence-electron chi connectivity index (χ2n) is 17.2. The molecule has 5 aromatic carbocycles. The van der Waals surface area contributed by atoms with Crippen LogP contribution in [0.15, 0.2) is 109 Å². The van der Waals surface area contributed by atoms with E-state index in [1.165, 1.54) is 25.7 Å². The summed E-state index contributed by atoms with van der Waals surface area (Å²) in [7, 11) is 0. The normalized spacial score (nSPS) is 16.4. The van der Waals surface area contributed by atoms with Gasteiger partial charge in [0.25, 0.3) is 0 Å². The lowest BCUT2D eigenvalue weighted by atomic mass is 9.83. The van der Waals surface area contributed by atoms with Gasteiger partial charge in [0.2, 0.25) is 0 Å². The summed E-state index contributed by atoms with van der Waals surface area (Å²) in [5.74, 6) is 1.59. The molecule has 2 fully saturated rings. The Morgan fingerprint density at radius 2 is 0.919 bits per heavy atom. The van der Waals surface area contributed by atoms with Crippen molar-refractivity contribution in [2.24, 2.45) is 11.8 Å². The number of anilines is 2. The molecule has 0 saturated carbocycles. The molecule has 8 rings (SSSR count). The van der Waals surface area contributed by atoms with E-state index in [4.69, 9.17) is 60.6 Å². The quantitative estimate of drug-likeness (QED) is 0.0629. The molecule has 62 heavy (non-hydrogen) atoms. The second kappa shape index (κ2) is 19.0. The van der Waals surface area contributed by atoms with Crippen LogP contribution in [0.4, 0.5) is 11.4 Å². The van der Waals surface area contributed by atoms with E-state index in [-0.39, 0.29) is 25.7 Å². The van der Waals surface area contributed by atoms with Crippen molar-refractivity contribution in [2.45, 2.75) is 59.0 Å². The van der Waals surface area contributed by atoms with Gasteiger partial charge in [0.1, 0.15) is 11.5 Å². The highest BCUT2D eigenvalue weighted by Gasteiger charge is 2.48. The van der Waals surface area contributed by atoms with Gasteiger partial charge >= 0.3 is 5.97 Å². The average molecular weight is 911 g/mol. The number of carbonyl (C=O) groups is 1. The van der Waals surface area contributed by atoms with Crippen LogP contribution in [0.1, 0.15) is 91.6 Å². The Balaban J connectivity index is 1.37. The number of benzene rings is 5. The molecule has 3 heterocycles. The van der Waals surface area contributed by atoms with Gasteiger partial charge in [-0.25, -0.2) is 4.79 Å². The predicted molar refractivity (Wildman–Crippen MR) is 257 cm³/mol. The predicted octanol–water partition coefficient (Wildman–Crippen LogP) is 14.2. The Kier molecular flexibility index (Phi) is 13.5. The maximum Gasteiger partial charge on any atom is 0.341 e. The highest BCUT2D eigenvalue weighted by atomic mass is 35.5. The number of ether oxygens (including phenoxy) is 3. The molecule has 3 aliphatic rings. The van der Waals surface area contributed by atoms with Gasteiger partial charge in [-0.15, -0.1) is 0 Å². The van der Waals surface area contributed by atoms with Crippen LogP contribution in [0.25, 0.3) is 11.1 Å². The Labute approximate surface area is 386 Å². The topological polar surface area (TPSA) is 51.2 Å². The zero-order chi connectivity index (χ0) is 43.5. The molecule has 0 unspecified atom stereocenters. The van der Waals surface area contributed by atoms with Crippen LogP contribution < -0.4 is 19.3 Å². The minimum absolute atomic E-state index is 0.0118. The summed E-state index contributed by atoms with van der Waals surface area (Å²) in [5, 5.41) is 0.0861. The Bertz CT molecular complexity index is 2320. The zero-order valence-corrected chi connectivity index (χ0v) is 38.7. The van der Waals surface area contributed by atoms with E-state index in [0.29, 0.717) is 30.6 Å². The number of carbonyl (C=O) groups excluding carboxylic acids is 1. The standard InChI is InChI=1S/C52H52Cl4N2O4/c1-33(2)31-60-41-21-13-37(14-22-41)43(35-9-17-39(18-10-35)57-25-5-6-26-57)29-52(46-45(51(59)62-52)47(53)49(55)50(56)48(46)54)30-44(38-15-23-42(24-16-38)61-32-34(3)4)36-11-19-40(20-12-36)58-27-7-8-28-58/h9-24,29-30,33-34H,5-8,25-28,31-32H2,1-4H3/b43-29-,44-30-. The minimum atomic E-state index is -1.63. The number of fused-ring (bicyclic) bond motifs is 1. The van der Waals surface area contributed by atoms with E-state index in [2.05, 4.69) is 86.0 Å². The third-order valence-corrected chi connectivity index (χ3v) is 13.4. The first kappa shape index (κ1) is 44.0. The molecule has 322 valence electrons. The van der Waals surface area contributed by atoms with Crippen molar-refractivity contribution in [3.63, 3.8) is 0 Å². The van der Waals surface area contributed by atoms with Gasteiger partial charge in [-0.2, -0.15) is 0 Å². The first-order chi connectivity index (χ1) is 29.9. The first-order valence-electron chi connectivity index (χ1n) is 21.6. The van der Waals surface area contributed by atoms with Crippen LogP contribution >= 0.6 is 46.4 Å². The molecule has 0 spiro atoms. The zero-order valence-electron chi connectivity index (χ0n) is 35.7. The fourth-order valence-corrected chi connectivity index (χ4v) is 9.51. The largest absolute Gasteiger partial charge is 0.493 e. The van der Waals surface area contributed by atoms with Crippen molar-refractivity contribution in [1.82, 2.24) is 0 Å². The number of halogens is 4. The van der Waals surface area contributed by atoms with Crippen molar-refractivity contribution >= 4 is 74.9 Å². The molecule has 0 bridgehead atoms. The second-order valence-corrected chi connectivity index (χ2v) is 18.8. The number of esters is 1. The van der Waals surface area contributed by atoms with Crippen LogP contribution in [0.5, 0.6) is 11.5 Å². The van der Waals surface area contributed by atoms with Crippen molar-refractivity contribution in [3.8, 4) is 11.5 Å². The van der Waals surface area contributed by atoms with Gasteiger partial charge in [0, 0.05) is 43.1 Å².